The van der Waals surface area contributed by atoms with Gasteiger partial charge in [0.2, 0.25) is 5.95 Å². The van der Waals surface area contributed by atoms with Crippen molar-refractivity contribution in [1.29, 1.82) is 0 Å². The molecule has 7 heteroatoms. The van der Waals surface area contributed by atoms with Gasteiger partial charge in [0.15, 0.2) is 5.82 Å². The van der Waals surface area contributed by atoms with E-state index in [1.165, 1.54) is 0 Å². The number of anilines is 4. The van der Waals surface area contributed by atoms with E-state index in [0.717, 1.165) is 11.3 Å². The molecule has 3 aromatic rings. The van der Waals surface area contributed by atoms with E-state index in [4.69, 9.17) is 16.3 Å². The van der Waals surface area contributed by atoms with Gasteiger partial charge in [0.1, 0.15) is 5.75 Å². The molecular weight excluding hydrogens is 326 g/mol. The summed E-state index contributed by atoms with van der Waals surface area (Å²) in [6.07, 6.45) is 1.56. The topological polar surface area (TPSA) is 72.0 Å². The molecule has 0 fully saturated rings. The summed E-state index contributed by atoms with van der Waals surface area (Å²) in [5, 5.41) is 14.8. The van der Waals surface area contributed by atoms with Gasteiger partial charge in [-0.15, -0.1) is 5.10 Å². The number of nitrogens with zero attached hydrogens (tertiary/aromatic N) is 3. The van der Waals surface area contributed by atoms with Crippen LogP contribution in [0.25, 0.3) is 0 Å². The van der Waals surface area contributed by atoms with Crippen molar-refractivity contribution in [2.75, 3.05) is 17.7 Å². The minimum absolute atomic E-state index is 0.341. The number of hydrogen-bond donors (Lipinski definition) is 2. The molecule has 0 unspecified atom stereocenters. The zero-order valence-electron chi connectivity index (χ0n) is 13.2. The van der Waals surface area contributed by atoms with Gasteiger partial charge in [0.05, 0.1) is 19.0 Å². The van der Waals surface area contributed by atoms with E-state index in [2.05, 4.69) is 25.8 Å². The minimum Gasteiger partial charge on any atom is -0.495 e. The molecule has 0 aliphatic heterocycles. The summed E-state index contributed by atoms with van der Waals surface area (Å²) in [6.45, 7) is 2.03. The first-order chi connectivity index (χ1) is 11.6. The Hall–Kier alpha value is -2.86. The summed E-state index contributed by atoms with van der Waals surface area (Å²) < 4.78 is 5.30. The number of aryl methyl sites for hydroxylation is 1. The molecule has 1 heterocycles. The van der Waals surface area contributed by atoms with Crippen molar-refractivity contribution in [3.63, 3.8) is 0 Å². The summed E-state index contributed by atoms with van der Waals surface area (Å²) in [5.41, 5.74) is 2.75. The molecule has 1 aromatic heterocycles. The number of ether oxygens (including phenoxy) is 1. The van der Waals surface area contributed by atoms with Gasteiger partial charge < -0.3 is 15.4 Å². The lowest BCUT2D eigenvalue weighted by molar-refractivity contribution is 0.417. The second-order valence-electron chi connectivity index (χ2n) is 5.13. The Kier molecular flexibility index (Phi) is 4.77. The third-order valence-corrected chi connectivity index (χ3v) is 3.49. The van der Waals surface area contributed by atoms with Crippen molar-refractivity contribution in [2.45, 2.75) is 6.92 Å². The van der Waals surface area contributed by atoms with Crippen LogP contribution in [0.5, 0.6) is 5.75 Å². The minimum atomic E-state index is 0.341. The first-order valence-electron chi connectivity index (χ1n) is 7.28. The molecule has 2 aromatic carbocycles. The molecule has 0 saturated heterocycles. The van der Waals surface area contributed by atoms with Gasteiger partial charge in [0, 0.05) is 10.7 Å². The molecule has 0 atom stereocenters. The molecule has 0 bridgehead atoms. The second kappa shape index (κ2) is 7.14. The molecule has 6 nitrogen and oxygen atoms in total. The Morgan fingerprint density at radius 2 is 1.96 bits per heavy atom. The standard InChI is InChI=1S/C17H16ClN5O/c1-11-4-3-5-13(8-11)20-16-10-19-23-17(22-16)21-14-9-12(18)6-7-15(14)24-2/h3-10H,1-2H3,(H2,20,21,22,23). The average molecular weight is 342 g/mol. The number of nitrogens with one attached hydrogen (secondary N) is 2. The fraction of sp³-hybridized carbons (Fsp3) is 0.118. The van der Waals surface area contributed by atoms with Crippen LogP contribution in [-0.2, 0) is 0 Å². The van der Waals surface area contributed by atoms with Gasteiger partial charge in [-0.2, -0.15) is 10.1 Å². The second-order valence-corrected chi connectivity index (χ2v) is 5.57. The quantitative estimate of drug-likeness (QED) is 0.719. The molecule has 2 N–H and O–H groups in total. The molecule has 0 radical (unpaired) electrons. The van der Waals surface area contributed by atoms with Crippen molar-refractivity contribution in [3.05, 3.63) is 59.2 Å². The van der Waals surface area contributed by atoms with Crippen LogP contribution in [0.15, 0.2) is 48.7 Å². The highest BCUT2D eigenvalue weighted by Gasteiger charge is 2.07. The van der Waals surface area contributed by atoms with Crippen LogP contribution >= 0.6 is 11.6 Å². The maximum atomic E-state index is 6.03. The van der Waals surface area contributed by atoms with Crippen LogP contribution < -0.4 is 15.4 Å². The number of hydrogen-bond acceptors (Lipinski definition) is 6. The lowest BCUT2D eigenvalue weighted by Gasteiger charge is -2.11. The van der Waals surface area contributed by atoms with Gasteiger partial charge in [-0.3, -0.25) is 0 Å². The Balaban J connectivity index is 1.82. The van der Waals surface area contributed by atoms with Gasteiger partial charge in [-0.1, -0.05) is 23.7 Å². The van der Waals surface area contributed by atoms with Crippen LogP contribution in [0.3, 0.4) is 0 Å². The van der Waals surface area contributed by atoms with E-state index < -0.39 is 0 Å². The number of methoxy groups -OCH3 is 1. The van der Waals surface area contributed by atoms with E-state index in [1.807, 2.05) is 31.2 Å². The maximum Gasteiger partial charge on any atom is 0.249 e. The number of halogens is 1. The molecule has 122 valence electrons. The van der Waals surface area contributed by atoms with E-state index in [1.54, 1.807) is 31.5 Å². The van der Waals surface area contributed by atoms with Crippen molar-refractivity contribution in [1.82, 2.24) is 15.2 Å². The van der Waals surface area contributed by atoms with Gasteiger partial charge in [0.25, 0.3) is 0 Å². The highest BCUT2D eigenvalue weighted by Crippen LogP contribution is 2.29. The lowest BCUT2D eigenvalue weighted by atomic mass is 10.2. The lowest BCUT2D eigenvalue weighted by Crippen LogP contribution is -2.03. The molecule has 0 amide bonds. The smallest absolute Gasteiger partial charge is 0.249 e. The molecule has 3 rings (SSSR count). The molecule has 0 spiro atoms. The largest absolute Gasteiger partial charge is 0.495 e. The molecule has 0 saturated carbocycles. The Morgan fingerprint density at radius 3 is 2.75 bits per heavy atom. The number of rotatable bonds is 5. The SMILES string of the molecule is COc1ccc(Cl)cc1Nc1nncc(Nc2cccc(C)c2)n1. The van der Waals surface area contributed by atoms with Crippen LogP contribution in [0.1, 0.15) is 5.56 Å². The van der Waals surface area contributed by atoms with E-state index >= 15 is 0 Å². The summed E-state index contributed by atoms with van der Waals surface area (Å²) in [4.78, 5) is 4.40. The Bertz CT molecular complexity index is 856. The molecule has 24 heavy (non-hydrogen) atoms. The van der Waals surface area contributed by atoms with Gasteiger partial charge in [-0.05, 0) is 42.8 Å². The van der Waals surface area contributed by atoms with E-state index in [-0.39, 0.29) is 0 Å². The van der Waals surface area contributed by atoms with E-state index in [0.29, 0.717) is 28.2 Å². The fourth-order valence-corrected chi connectivity index (χ4v) is 2.36. The predicted molar refractivity (Wildman–Crippen MR) is 95.6 cm³/mol. The summed E-state index contributed by atoms with van der Waals surface area (Å²) >= 11 is 6.03. The van der Waals surface area contributed by atoms with Crippen molar-refractivity contribution in [2.24, 2.45) is 0 Å². The number of benzene rings is 2. The predicted octanol–water partition coefficient (Wildman–Crippen LogP) is 4.33. The Labute approximate surface area is 144 Å². The summed E-state index contributed by atoms with van der Waals surface area (Å²) in [7, 11) is 1.59. The van der Waals surface area contributed by atoms with Crippen LogP contribution in [0.4, 0.5) is 23.1 Å². The third kappa shape index (κ3) is 3.91. The zero-order valence-corrected chi connectivity index (χ0v) is 14.0. The van der Waals surface area contributed by atoms with E-state index in [9.17, 15) is 0 Å². The van der Waals surface area contributed by atoms with Crippen LogP contribution in [0.2, 0.25) is 5.02 Å². The first-order valence-corrected chi connectivity index (χ1v) is 7.66. The van der Waals surface area contributed by atoms with Crippen molar-refractivity contribution >= 4 is 34.7 Å². The average Bonchev–Trinajstić information content (AvgIpc) is 2.55. The first kappa shape index (κ1) is 16.0. The van der Waals surface area contributed by atoms with Crippen molar-refractivity contribution in [3.8, 4) is 5.75 Å². The van der Waals surface area contributed by atoms with Gasteiger partial charge >= 0.3 is 0 Å². The van der Waals surface area contributed by atoms with Gasteiger partial charge in [-0.25, -0.2) is 0 Å². The maximum absolute atomic E-state index is 6.03. The molecular formula is C17H16ClN5O. The zero-order chi connectivity index (χ0) is 16.9. The highest BCUT2D eigenvalue weighted by molar-refractivity contribution is 6.31. The normalized spacial score (nSPS) is 10.3. The fourth-order valence-electron chi connectivity index (χ4n) is 2.19. The monoisotopic (exact) mass is 341 g/mol. The summed E-state index contributed by atoms with van der Waals surface area (Å²) in [6, 6.07) is 13.2. The third-order valence-electron chi connectivity index (χ3n) is 3.26. The molecule has 0 aliphatic rings. The number of aromatic nitrogens is 3. The Morgan fingerprint density at radius 1 is 1.08 bits per heavy atom. The summed E-state index contributed by atoms with van der Waals surface area (Å²) in [5.74, 6) is 1.56. The molecule has 0 aliphatic carbocycles. The van der Waals surface area contributed by atoms with Crippen LogP contribution in [-0.4, -0.2) is 22.3 Å². The van der Waals surface area contributed by atoms with Crippen molar-refractivity contribution < 1.29 is 4.74 Å². The highest BCUT2D eigenvalue weighted by atomic mass is 35.5. The van der Waals surface area contributed by atoms with Crippen LogP contribution in [0, 0.1) is 6.92 Å².